The maximum absolute atomic E-state index is 13.3. The van der Waals surface area contributed by atoms with Crippen LogP contribution in [0.3, 0.4) is 0 Å². The number of nitrogens with one attached hydrogen (secondary N) is 1. The molecule has 0 saturated carbocycles. The molecule has 3 rings (SSSR count). The van der Waals surface area contributed by atoms with E-state index >= 15 is 0 Å². The Hall–Kier alpha value is -3.23. The number of oxazole rings is 1. The molecular formula is C24H29FN4O3. The Labute approximate surface area is 187 Å². The molecule has 0 bridgehead atoms. The van der Waals surface area contributed by atoms with Gasteiger partial charge in [-0.3, -0.25) is 9.69 Å². The maximum Gasteiger partial charge on any atom is 0.273 e. The molecule has 0 atom stereocenters. The number of hydrogen-bond acceptors (Lipinski definition) is 6. The third kappa shape index (κ3) is 7.18. The van der Waals surface area contributed by atoms with E-state index in [1.165, 1.54) is 18.4 Å². The molecule has 170 valence electrons. The summed E-state index contributed by atoms with van der Waals surface area (Å²) in [5, 5.41) is 2.83. The lowest BCUT2D eigenvalue weighted by Gasteiger charge is -2.21. The molecule has 1 heterocycles. The van der Waals surface area contributed by atoms with Gasteiger partial charge in [0.25, 0.3) is 5.91 Å². The van der Waals surface area contributed by atoms with E-state index in [1.807, 2.05) is 43.3 Å². The van der Waals surface area contributed by atoms with E-state index in [9.17, 15) is 9.18 Å². The normalized spacial score (nSPS) is 11.2. The Kier molecular flexibility index (Phi) is 8.35. The third-order valence-corrected chi connectivity index (χ3v) is 4.87. The Balaban J connectivity index is 1.69. The minimum absolute atomic E-state index is 0.255. The van der Waals surface area contributed by atoms with E-state index in [1.54, 1.807) is 19.2 Å². The average molecular weight is 441 g/mol. The van der Waals surface area contributed by atoms with Crippen molar-refractivity contribution in [1.82, 2.24) is 20.1 Å². The minimum atomic E-state index is -0.270. The molecule has 1 amide bonds. The summed E-state index contributed by atoms with van der Waals surface area (Å²) < 4.78 is 24.1. The van der Waals surface area contributed by atoms with Gasteiger partial charge in [-0.05, 0) is 49.5 Å². The van der Waals surface area contributed by atoms with Crippen molar-refractivity contribution in [2.45, 2.75) is 19.6 Å². The largest absolute Gasteiger partial charge is 0.497 e. The van der Waals surface area contributed by atoms with E-state index in [0.717, 1.165) is 23.4 Å². The number of likely N-dealkylation sites (N-methyl/N-ethyl adjacent to an activating group) is 1. The number of carbonyl (C=O) groups excluding carboxylic acids is 1. The lowest BCUT2D eigenvalue weighted by Crippen LogP contribution is -2.31. The Morgan fingerprint density at radius 2 is 1.66 bits per heavy atom. The van der Waals surface area contributed by atoms with Gasteiger partial charge in [-0.15, -0.1) is 0 Å². The molecule has 1 N–H and O–H groups in total. The topological polar surface area (TPSA) is 70.8 Å². The highest BCUT2D eigenvalue weighted by molar-refractivity contribution is 5.91. The summed E-state index contributed by atoms with van der Waals surface area (Å²) in [4.78, 5) is 20.8. The van der Waals surface area contributed by atoms with Crippen LogP contribution in [0.4, 0.5) is 4.39 Å². The van der Waals surface area contributed by atoms with Gasteiger partial charge in [0.1, 0.15) is 17.8 Å². The number of aromatic nitrogens is 1. The monoisotopic (exact) mass is 440 g/mol. The van der Waals surface area contributed by atoms with Crippen LogP contribution >= 0.6 is 0 Å². The van der Waals surface area contributed by atoms with Gasteiger partial charge in [0, 0.05) is 26.2 Å². The summed E-state index contributed by atoms with van der Waals surface area (Å²) in [7, 11) is 5.52. The van der Waals surface area contributed by atoms with Crippen LogP contribution in [-0.4, -0.2) is 55.0 Å². The number of halogens is 1. The molecule has 2 aromatic carbocycles. The predicted octanol–water partition coefficient (Wildman–Crippen LogP) is 3.32. The van der Waals surface area contributed by atoms with Crippen molar-refractivity contribution in [2.75, 3.05) is 34.3 Å². The summed E-state index contributed by atoms with van der Waals surface area (Å²) in [5.74, 6) is 0.699. The molecule has 0 aliphatic carbocycles. The number of benzene rings is 2. The lowest BCUT2D eigenvalue weighted by atomic mass is 10.1. The van der Waals surface area contributed by atoms with Crippen LogP contribution < -0.4 is 10.1 Å². The molecule has 0 aliphatic heterocycles. The first kappa shape index (κ1) is 23.4. The highest BCUT2D eigenvalue weighted by Gasteiger charge is 2.16. The first-order valence-electron chi connectivity index (χ1n) is 10.4. The van der Waals surface area contributed by atoms with Crippen LogP contribution in [0.15, 0.2) is 59.2 Å². The van der Waals surface area contributed by atoms with Crippen LogP contribution in [0, 0.1) is 5.82 Å². The highest BCUT2D eigenvalue weighted by Crippen LogP contribution is 2.17. The van der Waals surface area contributed by atoms with Crippen molar-refractivity contribution in [1.29, 1.82) is 0 Å². The minimum Gasteiger partial charge on any atom is -0.497 e. The number of ether oxygens (including phenoxy) is 1. The van der Waals surface area contributed by atoms with Crippen molar-refractivity contribution >= 4 is 5.91 Å². The molecule has 0 saturated heterocycles. The molecule has 32 heavy (non-hydrogen) atoms. The smallest absolute Gasteiger partial charge is 0.273 e. The van der Waals surface area contributed by atoms with Crippen molar-refractivity contribution in [3.8, 4) is 5.75 Å². The summed E-state index contributed by atoms with van der Waals surface area (Å²) in [5.41, 5.74) is 2.30. The average Bonchev–Trinajstić information content (AvgIpc) is 3.24. The zero-order valence-electron chi connectivity index (χ0n) is 18.7. The third-order valence-electron chi connectivity index (χ3n) is 4.87. The molecule has 8 heteroatoms. The van der Waals surface area contributed by atoms with Gasteiger partial charge in [-0.1, -0.05) is 24.3 Å². The number of nitrogens with zero attached hydrogens (tertiary/aromatic N) is 3. The van der Waals surface area contributed by atoms with Gasteiger partial charge in [0.05, 0.1) is 13.7 Å². The van der Waals surface area contributed by atoms with Gasteiger partial charge in [-0.2, -0.15) is 0 Å². The van der Waals surface area contributed by atoms with Gasteiger partial charge in [0.15, 0.2) is 5.69 Å². The Bertz CT molecular complexity index is 987. The molecule has 7 nitrogen and oxygen atoms in total. The van der Waals surface area contributed by atoms with Crippen LogP contribution in [0.1, 0.15) is 27.5 Å². The van der Waals surface area contributed by atoms with E-state index < -0.39 is 0 Å². The highest BCUT2D eigenvalue weighted by atomic mass is 19.1. The molecule has 0 radical (unpaired) electrons. The molecular weight excluding hydrogens is 411 g/mol. The second-order valence-electron chi connectivity index (χ2n) is 7.81. The predicted molar refractivity (Wildman–Crippen MR) is 120 cm³/mol. The zero-order valence-corrected chi connectivity index (χ0v) is 18.7. The standard InChI is InChI=1S/C24H29FN4O3/c1-28(2)13-12-26-24(30)22-17-32-23(27-22)16-29(14-18-4-8-20(25)9-5-18)15-19-6-10-21(31-3)11-7-19/h4-11,17H,12-16H2,1-3H3,(H,26,30). The first-order valence-corrected chi connectivity index (χ1v) is 10.4. The van der Waals surface area contributed by atoms with E-state index in [-0.39, 0.29) is 17.4 Å². The van der Waals surface area contributed by atoms with E-state index in [4.69, 9.17) is 9.15 Å². The molecule has 0 aliphatic rings. The number of hydrogen-bond donors (Lipinski definition) is 1. The van der Waals surface area contributed by atoms with Crippen LogP contribution in [0.2, 0.25) is 0 Å². The fourth-order valence-corrected chi connectivity index (χ4v) is 3.17. The van der Waals surface area contributed by atoms with Gasteiger partial charge in [-0.25, -0.2) is 9.37 Å². The fraction of sp³-hybridized carbons (Fsp3) is 0.333. The van der Waals surface area contributed by atoms with Crippen molar-refractivity contribution in [2.24, 2.45) is 0 Å². The van der Waals surface area contributed by atoms with Gasteiger partial charge in [0.2, 0.25) is 5.89 Å². The van der Waals surface area contributed by atoms with Gasteiger partial charge >= 0.3 is 0 Å². The maximum atomic E-state index is 13.3. The fourth-order valence-electron chi connectivity index (χ4n) is 3.17. The number of carbonyl (C=O) groups is 1. The van der Waals surface area contributed by atoms with Gasteiger partial charge < -0.3 is 19.4 Å². The molecule has 3 aromatic rings. The summed E-state index contributed by atoms with van der Waals surface area (Å²) in [6, 6.07) is 14.2. The second-order valence-corrected chi connectivity index (χ2v) is 7.81. The SMILES string of the molecule is COc1ccc(CN(Cc2ccc(F)cc2)Cc2nc(C(=O)NCCN(C)C)co2)cc1. The lowest BCUT2D eigenvalue weighted by molar-refractivity contribution is 0.0946. The molecule has 0 fully saturated rings. The quantitative estimate of drug-likeness (QED) is 0.493. The molecule has 0 spiro atoms. The van der Waals surface area contributed by atoms with Crippen molar-refractivity contribution < 1.29 is 18.3 Å². The number of rotatable bonds is 11. The summed E-state index contributed by atoms with van der Waals surface area (Å²) >= 11 is 0. The van der Waals surface area contributed by atoms with Crippen molar-refractivity contribution in [3.05, 3.63) is 83.3 Å². The molecule has 1 aromatic heterocycles. The number of methoxy groups -OCH3 is 1. The second kappa shape index (κ2) is 11.4. The van der Waals surface area contributed by atoms with Crippen molar-refractivity contribution in [3.63, 3.8) is 0 Å². The number of amides is 1. The first-order chi connectivity index (χ1) is 15.4. The van der Waals surface area contributed by atoms with Crippen LogP contribution in [-0.2, 0) is 19.6 Å². The van der Waals surface area contributed by atoms with E-state index in [0.29, 0.717) is 32.1 Å². The molecule has 0 unspecified atom stereocenters. The zero-order chi connectivity index (χ0) is 22.9. The van der Waals surface area contributed by atoms with E-state index in [2.05, 4.69) is 15.2 Å². The summed E-state index contributed by atoms with van der Waals surface area (Å²) in [6.45, 7) is 2.85. The summed E-state index contributed by atoms with van der Waals surface area (Å²) in [6.07, 6.45) is 1.38. The van der Waals surface area contributed by atoms with Crippen LogP contribution in [0.5, 0.6) is 5.75 Å². The Morgan fingerprint density at radius 1 is 1.03 bits per heavy atom. The van der Waals surface area contributed by atoms with Crippen LogP contribution in [0.25, 0.3) is 0 Å². The Morgan fingerprint density at radius 3 is 2.25 bits per heavy atom.